The van der Waals surface area contributed by atoms with Gasteiger partial charge in [0.2, 0.25) is 0 Å². The highest BCUT2D eigenvalue weighted by Gasteiger charge is 2.14. The summed E-state index contributed by atoms with van der Waals surface area (Å²) in [5.74, 6) is 5.68. The molecule has 0 saturated carbocycles. The third-order valence-electron chi connectivity index (χ3n) is 2.63. The van der Waals surface area contributed by atoms with Crippen LogP contribution in [-0.4, -0.2) is 7.11 Å². The fourth-order valence-electron chi connectivity index (χ4n) is 1.65. The first-order valence-electron chi connectivity index (χ1n) is 5.52. The molecule has 16 heavy (non-hydrogen) atoms. The van der Waals surface area contributed by atoms with Crippen LogP contribution in [0.1, 0.15) is 37.8 Å². The molecule has 1 aromatic rings. The Morgan fingerprint density at radius 3 is 2.75 bits per heavy atom. The van der Waals surface area contributed by atoms with Gasteiger partial charge in [0.25, 0.3) is 0 Å². The number of methoxy groups -OCH3 is 1. The van der Waals surface area contributed by atoms with Gasteiger partial charge in [-0.1, -0.05) is 25.8 Å². The maximum Gasteiger partial charge on any atom is 0.131 e. The van der Waals surface area contributed by atoms with Crippen molar-refractivity contribution < 1.29 is 9.13 Å². The number of halogens is 1. The molecule has 3 nitrogen and oxygen atoms in total. The van der Waals surface area contributed by atoms with Crippen molar-refractivity contribution in [1.82, 2.24) is 5.43 Å². The van der Waals surface area contributed by atoms with Crippen LogP contribution >= 0.6 is 0 Å². The number of hydrazine groups is 1. The molecule has 1 rings (SSSR count). The highest BCUT2D eigenvalue weighted by Crippen LogP contribution is 2.24. The summed E-state index contributed by atoms with van der Waals surface area (Å²) >= 11 is 0. The Labute approximate surface area is 95.8 Å². The molecule has 0 radical (unpaired) electrons. The molecular weight excluding hydrogens is 207 g/mol. The highest BCUT2D eigenvalue weighted by molar-refractivity contribution is 5.30. The number of unbranched alkanes of at least 4 members (excludes halogenated alkanes) is 1. The van der Waals surface area contributed by atoms with Gasteiger partial charge in [-0.25, -0.2) is 4.39 Å². The molecule has 3 N–H and O–H groups in total. The molecule has 0 amide bonds. The minimum absolute atomic E-state index is 0.133. The second-order valence-corrected chi connectivity index (χ2v) is 3.75. The summed E-state index contributed by atoms with van der Waals surface area (Å²) < 4.78 is 18.7. The van der Waals surface area contributed by atoms with Gasteiger partial charge in [-0.3, -0.25) is 11.3 Å². The van der Waals surface area contributed by atoms with Crippen molar-refractivity contribution in [3.8, 4) is 5.75 Å². The number of hydrogen-bond donors (Lipinski definition) is 2. The lowest BCUT2D eigenvalue weighted by Gasteiger charge is -2.17. The van der Waals surface area contributed by atoms with Crippen LogP contribution in [0, 0.1) is 5.82 Å². The van der Waals surface area contributed by atoms with E-state index in [1.54, 1.807) is 12.1 Å². The number of ether oxygens (including phenoxy) is 1. The van der Waals surface area contributed by atoms with E-state index in [4.69, 9.17) is 10.6 Å². The first-order valence-corrected chi connectivity index (χ1v) is 5.52. The number of nitrogens with one attached hydrogen (secondary N) is 1. The second-order valence-electron chi connectivity index (χ2n) is 3.75. The zero-order valence-electron chi connectivity index (χ0n) is 9.79. The van der Waals surface area contributed by atoms with Crippen molar-refractivity contribution in [3.63, 3.8) is 0 Å². The molecule has 0 fully saturated rings. The quantitative estimate of drug-likeness (QED) is 0.579. The Balaban J connectivity index is 2.83. The van der Waals surface area contributed by atoms with E-state index >= 15 is 0 Å². The van der Waals surface area contributed by atoms with Gasteiger partial charge in [0.05, 0.1) is 7.11 Å². The lowest BCUT2D eigenvalue weighted by atomic mass is 10.0. The maximum atomic E-state index is 13.7. The molecule has 0 spiro atoms. The van der Waals surface area contributed by atoms with E-state index in [1.165, 1.54) is 13.2 Å². The van der Waals surface area contributed by atoms with Gasteiger partial charge in [0, 0.05) is 17.7 Å². The van der Waals surface area contributed by atoms with E-state index in [0.717, 1.165) is 19.3 Å². The van der Waals surface area contributed by atoms with Gasteiger partial charge >= 0.3 is 0 Å². The van der Waals surface area contributed by atoms with Crippen molar-refractivity contribution in [2.24, 2.45) is 5.84 Å². The van der Waals surface area contributed by atoms with E-state index < -0.39 is 0 Å². The molecule has 1 unspecified atom stereocenters. The molecule has 0 aliphatic carbocycles. The minimum Gasteiger partial charge on any atom is -0.497 e. The lowest BCUT2D eigenvalue weighted by Crippen LogP contribution is -2.28. The molecule has 0 heterocycles. The van der Waals surface area contributed by atoms with Crippen molar-refractivity contribution in [2.75, 3.05) is 7.11 Å². The zero-order chi connectivity index (χ0) is 12.0. The van der Waals surface area contributed by atoms with E-state index in [0.29, 0.717) is 11.3 Å². The molecule has 0 aliphatic heterocycles. The summed E-state index contributed by atoms with van der Waals surface area (Å²) in [7, 11) is 1.52. The first kappa shape index (κ1) is 12.9. The Morgan fingerprint density at radius 1 is 1.50 bits per heavy atom. The Kier molecular flexibility index (Phi) is 5.22. The van der Waals surface area contributed by atoms with Crippen molar-refractivity contribution in [2.45, 2.75) is 32.2 Å². The summed E-state index contributed by atoms with van der Waals surface area (Å²) in [6.07, 6.45) is 2.91. The summed E-state index contributed by atoms with van der Waals surface area (Å²) in [6, 6.07) is 4.71. The number of hydrogen-bond acceptors (Lipinski definition) is 3. The topological polar surface area (TPSA) is 47.3 Å². The predicted octanol–water partition coefficient (Wildman–Crippen LogP) is 2.53. The van der Waals surface area contributed by atoms with Crippen LogP contribution in [0.25, 0.3) is 0 Å². The number of rotatable bonds is 6. The number of benzene rings is 1. The summed E-state index contributed by atoms with van der Waals surface area (Å²) in [5, 5.41) is 0. The van der Waals surface area contributed by atoms with Crippen molar-refractivity contribution >= 4 is 0 Å². The molecule has 0 aromatic heterocycles. The highest BCUT2D eigenvalue weighted by atomic mass is 19.1. The molecule has 90 valence electrons. The third-order valence-corrected chi connectivity index (χ3v) is 2.63. The van der Waals surface area contributed by atoms with Crippen LogP contribution in [0.5, 0.6) is 5.75 Å². The van der Waals surface area contributed by atoms with E-state index in [1.807, 2.05) is 0 Å². The van der Waals surface area contributed by atoms with Crippen LogP contribution < -0.4 is 16.0 Å². The van der Waals surface area contributed by atoms with E-state index in [2.05, 4.69) is 12.3 Å². The normalized spacial score (nSPS) is 12.5. The van der Waals surface area contributed by atoms with Gasteiger partial charge in [-0.2, -0.15) is 0 Å². The SMILES string of the molecule is CCCCC(NN)c1ccc(OC)cc1F. The van der Waals surface area contributed by atoms with Gasteiger partial charge in [0.1, 0.15) is 11.6 Å². The minimum atomic E-state index is -0.279. The van der Waals surface area contributed by atoms with Crippen molar-refractivity contribution in [3.05, 3.63) is 29.6 Å². The Bertz CT molecular complexity index is 331. The predicted molar refractivity (Wildman–Crippen MR) is 62.5 cm³/mol. The molecule has 1 aromatic carbocycles. The van der Waals surface area contributed by atoms with Crippen LogP contribution in [0.4, 0.5) is 4.39 Å². The molecule has 0 saturated heterocycles. The van der Waals surface area contributed by atoms with E-state index in [-0.39, 0.29) is 11.9 Å². The fourth-order valence-corrected chi connectivity index (χ4v) is 1.65. The molecule has 1 atom stereocenters. The van der Waals surface area contributed by atoms with Gasteiger partial charge in [0.15, 0.2) is 0 Å². The maximum absolute atomic E-state index is 13.7. The Hall–Kier alpha value is -1.13. The zero-order valence-corrected chi connectivity index (χ0v) is 9.79. The summed E-state index contributed by atoms with van der Waals surface area (Å²) in [6.45, 7) is 2.10. The second kappa shape index (κ2) is 6.45. The largest absolute Gasteiger partial charge is 0.497 e. The third kappa shape index (κ3) is 3.18. The molecule has 0 bridgehead atoms. The average molecular weight is 226 g/mol. The monoisotopic (exact) mass is 226 g/mol. The summed E-state index contributed by atoms with van der Waals surface area (Å²) in [5.41, 5.74) is 3.24. The lowest BCUT2D eigenvalue weighted by molar-refractivity contribution is 0.408. The van der Waals surface area contributed by atoms with Crippen LogP contribution in [-0.2, 0) is 0 Å². The first-order chi connectivity index (χ1) is 7.72. The smallest absolute Gasteiger partial charge is 0.131 e. The van der Waals surface area contributed by atoms with Gasteiger partial charge in [-0.05, 0) is 12.5 Å². The molecular formula is C12H19FN2O. The van der Waals surface area contributed by atoms with Crippen molar-refractivity contribution in [1.29, 1.82) is 0 Å². The van der Waals surface area contributed by atoms with Gasteiger partial charge in [-0.15, -0.1) is 0 Å². The number of nitrogens with two attached hydrogens (primary N) is 1. The van der Waals surface area contributed by atoms with Crippen LogP contribution in [0.15, 0.2) is 18.2 Å². The fraction of sp³-hybridized carbons (Fsp3) is 0.500. The molecule has 4 heteroatoms. The van der Waals surface area contributed by atoms with Crippen LogP contribution in [0.3, 0.4) is 0 Å². The van der Waals surface area contributed by atoms with Crippen LogP contribution in [0.2, 0.25) is 0 Å². The molecule has 0 aliphatic rings. The Morgan fingerprint density at radius 2 is 2.25 bits per heavy atom. The van der Waals surface area contributed by atoms with E-state index in [9.17, 15) is 4.39 Å². The average Bonchev–Trinajstić information content (AvgIpc) is 2.31. The van der Waals surface area contributed by atoms with Gasteiger partial charge < -0.3 is 4.74 Å². The summed E-state index contributed by atoms with van der Waals surface area (Å²) in [4.78, 5) is 0. The standard InChI is InChI=1S/C12H19FN2O/c1-3-4-5-12(15-14)10-7-6-9(16-2)8-11(10)13/h6-8,12,15H,3-5,14H2,1-2H3.